The van der Waals surface area contributed by atoms with E-state index in [4.69, 9.17) is 0 Å². The number of aromatic nitrogens is 1. The Balaban J connectivity index is 1.71. The molecule has 0 aliphatic carbocycles. The van der Waals surface area contributed by atoms with Crippen molar-refractivity contribution in [3.8, 4) is 0 Å². The fourth-order valence-corrected chi connectivity index (χ4v) is 4.13. The van der Waals surface area contributed by atoms with Crippen LogP contribution in [0.1, 0.15) is 25.0 Å². The van der Waals surface area contributed by atoms with Crippen LogP contribution in [0.4, 0.5) is 0 Å². The third-order valence-corrected chi connectivity index (χ3v) is 6.00. The smallest absolute Gasteiger partial charge is 0.243 e. The van der Waals surface area contributed by atoms with Gasteiger partial charge in [-0.2, -0.15) is 0 Å². The summed E-state index contributed by atoms with van der Waals surface area (Å²) >= 11 is 0. The van der Waals surface area contributed by atoms with Gasteiger partial charge in [0, 0.05) is 37.1 Å². The molecule has 6 heteroatoms. The van der Waals surface area contributed by atoms with Crippen molar-refractivity contribution in [3.05, 3.63) is 71.9 Å². The first-order valence-electron chi connectivity index (χ1n) is 11.2. The summed E-state index contributed by atoms with van der Waals surface area (Å²) in [6.45, 7) is 4.51. The zero-order valence-corrected chi connectivity index (χ0v) is 19.4. The number of nitrogens with zero attached hydrogens (tertiary/aromatic N) is 1. The van der Waals surface area contributed by atoms with Crippen molar-refractivity contribution in [1.82, 2.24) is 20.5 Å². The zero-order valence-electron chi connectivity index (χ0n) is 19.4. The van der Waals surface area contributed by atoms with Gasteiger partial charge in [0.2, 0.25) is 11.8 Å². The summed E-state index contributed by atoms with van der Waals surface area (Å²) in [5, 5.41) is 7.32. The SMILES string of the molecule is CN[C@@H](C(=O)N(C)[C@H](Cc1ccccc1)C(=O)NCCc1c[nH]c2ccccc12)C(C)C. The van der Waals surface area contributed by atoms with Gasteiger partial charge < -0.3 is 20.5 Å². The van der Waals surface area contributed by atoms with Crippen molar-refractivity contribution in [3.63, 3.8) is 0 Å². The molecular formula is C26H34N4O2. The van der Waals surface area contributed by atoms with E-state index in [0.29, 0.717) is 13.0 Å². The first-order chi connectivity index (χ1) is 15.4. The fourth-order valence-electron chi connectivity index (χ4n) is 4.13. The van der Waals surface area contributed by atoms with Gasteiger partial charge in [-0.25, -0.2) is 0 Å². The lowest BCUT2D eigenvalue weighted by molar-refractivity contribution is -0.141. The molecule has 0 radical (unpaired) electrons. The topological polar surface area (TPSA) is 77.2 Å². The highest BCUT2D eigenvalue weighted by molar-refractivity contribution is 5.90. The van der Waals surface area contributed by atoms with Crippen LogP contribution in [0.3, 0.4) is 0 Å². The van der Waals surface area contributed by atoms with Crippen LogP contribution >= 0.6 is 0 Å². The number of hydrogen-bond acceptors (Lipinski definition) is 3. The molecule has 1 aromatic heterocycles. The van der Waals surface area contributed by atoms with E-state index in [0.717, 1.165) is 17.5 Å². The molecule has 3 rings (SSSR count). The van der Waals surface area contributed by atoms with Gasteiger partial charge in [-0.15, -0.1) is 0 Å². The van der Waals surface area contributed by atoms with Crippen molar-refractivity contribution in [1.29, 1.82) is 0 Å². The van der Waals surface area contributed by atoms with Crippen molar-refractivity contribution in [2.24, 2.45) is 5.92 Å². The highest BCUT2D eigenvalue weighted by atomic mass is 16.2. The van der Waals surface area contributed by atoms with Crippen LogP contribution in [0.2, 0.25) is 0 Å². The number of aromatic amines is 1. The zero-order chi connectivity index (χ0) is 23.1. The first-order valence-corrected chi connectivity index (χ1v) is 11.2. The largest absolute Gasteiger partial charge is 0.361 e. The van der Waals surface area contributed by atoms with E-state index in [9.17, 15) is 9.59 Å². The van der Waals surface area contributed by atoms with E-state index in [-0.39, 0.29) is 23.8 Å². The number of carbonyl (C=O) groups is 2. The standard InChI is InChI=1S/C26H34N4O2/c1-18(2)24(27-3)26(32)30(4)23(16-19-10-6-5-7-11-19)25(31)28-15-14-20-17-29-22-13-9-8-12-21(20)22/h5-13,17-18,23-24,27,29H,14-16H2,1-4H3,(H,28,31)/t23-,24-/m1/s1. The summed E-state index contributed by atoms with van der Waals surface area (Å²) in [6.07, 6.45) is 3.18. The Morgan fingerprint density at radius 2 is 1.72 bits per heavy atom. The maximum atomic E-state index is 13.2. The van der Waals surface area contributed by atoms with Gasteiger partial charge in [0.15, 0.2) is 0 Å². The van der Waals surface area contributed by atoms with Gasteiger partial charge >= 0.3 is 0 Å². The number of fused-ring (bicyclic) bond motifs is 1. The Morgan fingerprint density at radius 1 is 1.03 bits per heavy atom. The van der Waals surface area contributed by atoms with Crippen molar-refractivity contribution in [2.75, 3.05) is 20.6 Å². The Bertz CT molecular complexity index is 1030. The number of rotatable bonds is 10. The molecule has 170 valence electrons. The molecule has 0 saturated heterocycles. The molecule has 0 aliphatic rings. The molecule has 0 saturated carbocycles. The number of likely N-dealkylation sites (N-methyl/N-ethyl adjacent to an activating group) is 2. The van der Waals surface area contributed by atoms with E-state index in [1.807, 2.05) is 68.6 Å². The average molecular weight is 435 g/mol. The van der Waals surface area contributed by atoms with E-state index < -0.39 is 6.04 Å². The van der Waals surface area contributed by atoms with Crippen LogP contribution in [-0.2, 0) is 22.4 Å². The summed E-state index contributed by atoms with van der Waals surface area (Å²) in [7, 11) is 3.51. The molecule has 1 heterocycles. The fraction of sp³-hybridized carbons (Fsp3) is 0.385. The average Bonchev–Trinajstić information content (AvgIpc) is 3.21. The third-order valence-electron chi connectivity index (χ3n) is 6.00. The Morgan fingerprint density at radius 3 is 2.41 bits per heavy atom. The summed E-state index contributed by atoms with van der Waals surface area (Å²) in [4.78, 5) is 31.2. The molecule has 32 heavy (non-hydrogen) atoms. The lowest BCUT2D eigenvalue weighted by Gasteiger charge is -2.32. The van der Waals surface area contributed by atoms with Gasteiger partial charge in [0.05, 0.1) is 6.04 Å². The van der Waals surface area contributed by atoms with Crippen LogP contribution in [0, 0.1) is 5.92 Å². The highest BCUT2D eigenvalue weighted by Gasteiger charge is 2.32. The van der Waals surface area contributed by atoms with Crippen LogP contribution < -0.4 is 10.6 Å². The van der Waals surface area contributed by atoms with Crippen LogP contribution in [0.5, 0.6) is 0 Å². The molecule has 2 atom stereocenters. The molecule has 0 bridgehead atoms. The maximum absolute atomic E-state index is 13.2. The predicted octanol–water partition coefficient (Wildman–Crippen LogP) is 3.14. The minimum atomic E-state index is -0.581. The maximum Gasteiger partial charge on any atom is 0.243 e. The molecule has 0 fully saturated rings. The minimum Gasteiger partial charge on any atom is -0.361 e. The third kappa shape index (κ3) is 5.56. The Labute approximate surface area is 190 Å². The van der Waals surface area contributed by atoms with Gasteiger partial charge in [-0.1, -0.05) is 62.4 Å². The number of H-pyrrole nitrogens is 1. The molecule has 3 N–H and O–H groups in total. The van der Waals surface area contributed by atoms with Crippen molar-refractivity contribution >= 4 is 22.7 Å². The van der Waals surface area contributed by atoms with Gasteiger partial charge in [-0.05, 0) is 36.6 Å². The Kier molecular flexibility index (Phi) is 8.06. The molecule has 0 unspecified atom stereocenters. The van der Waals surface area contributed by atoms with Gasteiger partial charge in [0.25, 0.3) is 0 Å². The molecule has 3 aromatic rings. The second-order valence-corrected chi connectivity index (χ2v) is 8.57. The minimum absolute atomic E-state index is 0.0739. The lowest BCUT2D eigenvalue weighted by Crippen LogP contribution is -2.55. The molecular weight excluding hydrogens is 400 g/mol. The summed E-state index contributed by atoms with van der Waals surface area (Å²) in [6, 6.07) is 17.1. The van der Waals surface area contributed by atoms with Crippen molar-refractivity contribution < 1.29 is 9.59 Å². The van der Waals surface area contributed by atoms with Crippen LogP contribution in [-0.4, -0.2) is 54.4 Å². The monoisotopic (exact) mass is 434 g/mol. The summed E-state index contributed by atoms with van der Waals surface area (Å²) in [5.74, 6) is -0.0874. The number of nitrogens with one attached hydrogen (secondary N) is 3. The normalized spacial score (nSPS) is 13.2. The number of benzene rings is 2. The summed E-state index contributed by atoms with van der Waals surface area (Å²) < 4.78 is 0. The molecule has 2 amide bonds. The van der Waals surface area contributed by atoms with Crippen LogP contribution in [0.15, 0.2) is 60.8 Å². The second kappa shape index (κ2) is 11.0. The second-order valence-electron chi connectivity index (χ2n) is 8.57. The highest BCUT2D eigenvalue weighted by Crippen LogP contribution is 2.18. The van der Waals surface area contributed by atoms with Gasteiger partial charge in [-0.3, -0.25) is 9.59 Å². The van der Waals surface area contributed by atoms with E-state index >= 15 is 0 Å². The number of para-hydroxylation sites is 1. The lowest BCUT2D eigenvalue weighted by atomic mass is 9.99. The first kappa shape index (κ1) is 23.5. The molecule has 2 aromatic carbocycles. The molecule has 6 nitrogen and oxygen atoms in total. The number of carbonyl (C=O) groups excluding carboxylic acids is 2. The Hall–Kier alpha value is -3.12. The van der Waals surface area contributed by atoms with Gasteiger partial charge in [0.1, 0.15) is 6.04 Å². The van der Waals surface area contributed by atoms with E-state index in [1.54, 1.807) is 19.0 Å². The quantitative estimate of drug-likeness (QED) is 0.459. The van der Waals surface area contributed by atoms with E-state index in [2.05, 4.69) is 21.7 Å². The van der Waals surface area contributed by atoms with Crippen LogP contribution in [0.25, 0.3) is 10.9 Å². The summed E-state index contributed by atoms with van der Waals surface area (Å²) in [5.41, 5.74) is 3.28. The van der Waals surface area contributed by atoms with Crippen molar-refractivity contribution in [2.45, 2.75) is 38.8 Å². The number of hydrogen-bond donors (Lipinski definition) is 3. The molecule has 0 aliphatic heterocycles. The van der Waals surface area contributed by atoms with E-state index in [1.165, 1.54) is 10.9 Å². The predicted molar refractivity (Wildman–Crippen MR) is 129 cm³/mol. The number of amides is 2. The molecule has 0 spiro atoms.